The summed E-state index contributed by atoms with van der Waals surface area (Å²) in [4.78, 5) is 11.8. The van der Waals surface area contributed by atoms with Gasteiger partial charge < -0.3 is 9.73 Å². The van der Waals surface area contributed by atoms with E-state index in [1.165, 1.54) is 0 Å². The molecule has 0 unspecified atom stereocenters. The minimum atomic E-state index is -0.187. The van der Waals surface area contributed by atoms with Crippen molar-refractivity contribution in [3.05, 3.63) is 59.0 Å². The Kier molecular flexibility index (Phi) is 3.44. The molecule has 0 fully saturated rings. The summed E-state index contributed by atoms with van der Waals surface area (Å²) in [5.41, 5.74) is 1.06. The van der Waals surface area contributed by atoms with Gasteiger partial charge in [0.05, 0.1) is 18.2 Å². The predicted molar refractivity (Wildman–Crippen MR) is 65.8 cm³/mol. The lowest BCUT2D eigenvalue weighted by atomic mass is 10.1. The number of furan rings is 1. The molecule has 1 N–H and O–H groups in total. The van der Waals surface area contributed by atoms with E-state index in [9.17, 15) is 4.79 Å². The Hall–Kier alpha value is -2.54. The van der Waals surface area contributed by atoms with Crippen LogP contribution in [0.3, 0.4) is 0 Å². The quantitative estimate of drug-likeness (QED) is 0.895. The van der Waals surface area contributed by atoms with Crippen molar-refractivity contribution in [3.8, 4) is 6.07 Å². The third-order valence-electron chi connectivity index (χ3n) is 2.50. The van der Waals surface area contributed by atoms with Crippen LogP contribution >= 0.6 is 0 Å². The molecule has 0 atom stereocenters. The van der Waals surface area contributed by atoms with Crippen molar-refractivity contribution in [1.29, 1.82) is 5.26 Å². The van der Waals surface area contributed by atoms with Gasteiger partial charge in [0.2, 0.25) is 0 Å². The maximum Gasteiger partial charge on any atom is 0.251 e. The van der Waals surface area contributed by atoms with E-state index in [1.807, 2.05) is 25.1 Å². The van der Waals surface area contributed by atoms with Crippen LogP contribution in [0.25, 0.3) is 0 Å². The summed E-state index contributed by atoms with van der Waals surface area (Å²) < 4.78 is 5.35. The summed E-state index contributed by atoms with van der Waals surface area (Å²) in [5.74, 6) is 1.35. The van der Waals surface area contributed by atoms with E-state index in [2.05, 4.69) is 5.32 Å². The molecule has 90 valence electrons. The molecule has 4 nitrogen and oxygen atoms in total. The molecule has 0 aliphatic heterocycles. The third kappa shape index (κ3) is 2.77. The SMILES string of the molecule is Cc1ccc(CNC(=O)c2ccc(C#N)cc2)o1. The van der Waals surface area contributed by atoms with E-state index >= 15 is 0 Å². The standard InChI is InChI=1S/C14H12N2O2/c1-10-2-7-13(18-10)9-16-14(17)12-5-3-11(8-15)4-6-12/h2-7H,9H2,1H3,(H,16,17). The van der Waals surface area contributed by atoms with Crippen molar-refractivity contribution in [1.82, 2.24) is 5.32 Å². The number of amides is 1. The van der Waals surface area contributed by atoms with Gasteiger partial charge in [-0.3, -0.25) is 4.79 Å². The molecular formula is C14H12N2O2. The Morgan fingerprint density at radius 2 is 2.00 bits per heavy atom. The molecule has 0 saturated heterocycles. The highest BCUT2D eigenvalue weighted by atomic mass is 16.3. The number of hydrogen-bond acceptors (Lipinski definition) is 3. The van der Waals surface area contributed by atoms with Gasteiger partial charge in [-0.2, -0.15) is 5.26 Å². The fourth-order valence-electron chi connectivity index (χ4n) is 1.55. The van der Waals surface area contributed by atoms with Crippen LogP contribution in [-0.2, 0) is 6.54 Å². The maximum atomic E-state index is 11.8. The Morgan fingerprint density at radius 3 is 2.56 bits per heavy atom. The summed E-state index contributed by atoms with van der Waals surface area (Å²) in [6.45, 7) is 2.21. The van der Waals surface area contributed by atoms with Crippen molar-refractivity contribution in [2.75, 3.05) is 0 Å². The molecule has 1 aromatic carbocycles. The topological polar surface area (TPSA) is 66.0 Å². The van der Waals surface area contributed by atoms with Gasteiger partial charge in [0.25, 0.3) is 5.91 Å². The highest BCUT2D eigenvalue weighted by Gasteiger charge is 2.06. The van der Waals surface area contributed by atoms with Crippen molar-refractivity contribution >= 4 is 5.91 Å². The van der Waals surface area contributed by atoms with E-state index < -0.39 is 0 Å². The average Bonchev–Trinajstić information content (AvgIpc) is 2.82. The number of rotatable bonds is 3. The first-order valence-corrected chi connectivity index (χ1v) is 5.53. The molecule has 0 aliphatic rings. The van der Waals surface area contributed by atoms with Crippen LogP contribution < -0.4 is 5.32 Å². The minimum Gasteiger partial charge on any atom is -0.465 e. The van der Waals surface area contributed by atoms with Gasteiger partial charge in [0.15, 0.2) is 0 Å². The largest absolute Gasteiger partial charge is 0.465 e. The van der Waals surface area contributed by atoms with Crippen LogP contribution in [0.15, 0.2) is 40.8 Å². The molecule has 0 bridgehead atoms. The van der Waals surface area contributed by atoms with Crippen molar-refractivity contribution in [2.24, 2.45) is 0 Å². The number of nitriles is 1. The fraction of sp³-hybridized carbons (Fsp3) is 0.143. The van der Waals surface area contributed by atoms with Gasteiger partial charge in [-0.05, 0) is 43.3 Å². The first-order chi connectivity index (χ1) is 8.69. The molecule has 18 heavy (non-hydrogen) atoms. The second kappa shape index (κ2) is 5.19. The van der Waals surface area contributed by atoms with Crippen molar-refractivity contribution in [3.63, 3.8) is 0 Å². The summed E-state index contributed by atoms with van der Waals surface area (Å²) in [7, 11) is 0. The molecule has 0 saturated carbocycles. The molecule has 0 spiro atoms. The average molecular weight is 240 g/mol. The monoisotopic (exact) mass is 240 g/mol. The lowest BCUT2D eigenvalue weighted by Gasteiger charge is -2.03. The van der Waals surface area contributed by atoms with Crippen molar-refractivity contribution < 1.29 is 9.21 Å². The zero-order chi connectivity index (χ0) is 13.0. The van der Waals surface area contributed by atoms with E-state index in [-0.39, 0.29) is 5.91 Å². The first kappa shape index (κ1) is 11.9. The molecule has 1 heterocycles. The maximum absolute atomic E-state index is 11.8. The second-order valence-corrected chi connectivity index (χ2v) is 3.88. The van der Waals surface area contributed by atoms with E-state index in [0.29, 0.717) is 17.7 Å². The molecule has 1 aromatic heterocycles. The Bertz CT molecular complexity index is 591. The summed E-state index contributed by atoms with van der Waals surface area (Å²) in [5, 5.41) is 11.4. The van der Waals surface area contributed by atoms with Crippen LogP contribution in [0.4, 0.5) is 0 Å². The molecule has 4 heteroatoms. The van der Waals surface area contributed by atoms with Crippen LogP contribution in [0.2, 0.25) is 0 Å². The highest BCUT2D eigenvalue weighted by Crippen LogP contribution is 2.07. The smallest absolute Gasteiger partial charge is 0.251 e. The normalized spacial score (nSPS) is 9.78. The minimum absolute atomic E-state index is 0.187. The number of benzene rings is 1. The van der Waals surface area contributed by atoms with Crippen molar-refractivity contribution in [2.45, 2.75) is 13.5 Å². The van der Waals surface area contributed by atoms with Crippen LogP contribution in [0.5, 0.6) is 0 Å². The van der Waals surface area contributed by atoms with E-state index in [0.717, 1.165) is 11.5 Å². The summed E-state index contributed by atoms with van der Waals surface area (Å²) in [6.07, 6.45) is 0. The van der Waals surface area contributed by atoms with E-state index in [4.69, 9.17) is 9.68 Å². The first-order valence-electron chi connectivity index (χ1n) is 5.53. The van der Waals surface area contributed by atoms with E-state index in [1.54, 1.807) is 24.3 Å². The molecule has 0 radical (unpaired) electrons. The molecular weight excluding hydrogens is 228 g/mol. The zero-order valence-corrected chi connectivity index (χ0v) is 9.93. The highest BCUT2D eigenvalue weighted by molar-refractivity contribution is 5.94. The Balaban J connectivity index is 1.97. The number of nitrogens with zero attached hydrogens (tertiary/aromatic N) is 1. The van der Waals surface area contributed by atoms with Gasteiger partial charge >= 0.3 is 0 Å². The van der Waals surface area contributed by atoms with Crippen LogP contribution in [-0.4, -0.2) is 5.91 Å². The van der Waals surface area contributed by atoms with Gasteiger partial charge in [0.1, 0.15) is 11.5 Å². The van der Waals surface area contributed by atoms with Gasteiger partial charge in [0, 0.05) is 5.56 Å². The zero-order valence-electron chi connectivity index (χ0n) is 9.93. The number of aryl methyl sites for hydroxylation is 1. The Morgan fingerprint density at radius 1 is 1.28 bits per heavy atom. The van der Waals surface area contributed by atoms with Gasteiger partial charge in [-0.1, -0.05) is 0 Å². The number of hydrogen-bond donors (Lipinski definition) is 1. The number of nitrogens with one attached hydrogen (secondary N) is 1. The second-order valence-electron chi connectivity index (χ2n) is 3.88. The van der Waals surface area contributed by atoms with Gasteiger partial charge in [-0.15, -0.1) is 0 Å². The lowest BCUT2D eigenvalue weighted by Crippen LogP contribution is -2.22. The van der Waals surface area contributed by atoms with Crippen LogP contribution in [0.1, 0.15) is 27.4 Å². The summed E-state index contributed by atoms with van der Waals surface area (Å²) in [6, 6.07) is 12.2. The number of carbonyl (C=O) groups is 1. The number of carbonyl (C=O) groups excluding carboxylic acids is 1. The lowest BCUT2D eigenvalue weighted by molar-refractivity contribution is 0.0948. The van der Waals surface area contributed by atoms with Gasteiger partial charge in [-0.25, -0.2) is 0 Å². The van der Waals surface area contributed by atoms with Crippen LogP contribution in [0, 0.1) is 18.3 Å². The molecule has 1 amide bonds. The molecule has 0 aliphatic carbocycles. The Labute approximate surface area is 105 Å². The molecule has 2 rings (SSSR count). The molecule has 2 aromatic rings. The third-order valence-corrected chi connectivity index (χ3v) is 2.50. The summed E-state index contributed by atoms with van der Waals surface area (Å²) >= 11 is 0. The fourth-order valence-corrected chi connectivity index (χ4v) is 1.55. The predicted octanol–water partition coefficient (Wildman–Crippen LogP) is 2.39.